The van der Waals surface area contributed by atoms with Gasteiger partial charge < -0.3 is 10.1 Å². The van der Waals surface area contributed by atoms with Crippen molar-refractivity contribution in [3.8, 4) is 0 Å². The van der Waals surface area contributed by atoms with Gasteiger partial charge in [0.05, 0.1) is 10.5 Å². The van der Waals surface area contributed by atoms with E-state index in [1.807, 2.05) is 12.1 Å². The summed E-state index contributed by atoms with van der Waals surface area (Å²) in [6.07, 6.45) is 3.11. The van der Waals surface area contributed by atoms with Crippen LogP contribution in [0.15, 0.2) is 42.5 Å². The third-order valence-electron chi connectivity index (χ3n) is 4.60. The third-order valence-corrected chi connectivity index (χ3v) is 4.60. The zero-order valence-corrected chi connectivity index (χ0v) is 14.9. The highest BCUT2D eigenvalue weighted by Gasteiger charge is 2.23. The van der Waals surface area contributed by atoms with E-state index in [1.54, 1.807) is 12.1 Å². The highest BCUT2D eigenvalue weighted by Crippen LogP contribution is 2.24. The Balaban J connectivity index is 1.66. The van der Waals surface area contributed by atoms with Gasteiger partial charge in [0.15, 0.2) is 6.10 Å². The van der Waals surface area contributed by atoms with Gasteiger partial charge in [-0.2, -0.15) is 0 Å². The van der Waals surface area contributed by atoms with E-state index in [-0.39, 0.29) is 11.4 Å². The molecular formula is C20H20N2O5. The fraction of sp³-hybridized carbons (Fsp3) is 0.300. The van der Waals surface area contributed by atoms with Crippen LogP contribution in [0, 0.1) is 10.1 Å². The summed E-state index contributed by atoms with van der Waals surface area (Å²) in [5.41, 5.74) is 2.64. The van der Waals surface area contributed by atoms with Crippen LogP contribution in [0.2, 0.25) is 0 Å². The second-order valence-electron chi connectivity index (χ2n) is 6.50. The SMILES string of the molecule is C[C@H](OC(=O)c1ccc2c(c1)CCCC2)C(=O)Nc1ccccc1[N+](=O)[O-]. The Morgan fingerprint density at radius 1 is 1.11 bits per heavy atom. The summed E-state index contributed by atoms with van der Waals surface area (Å²) in [6.45, 7) is 1.43. The number of anilines is 1. The summed E-state index contributed by atoms with van der Waals surface area (Å²) < 4.78 is 5.24. The van der Waals surface area contributed by atoms with Crippen molar-refractivity contribution in [3.63, 3.8) is 0 Å². The molecule has 0 aliphatic heterocycles. The number of nitrogens with one attached hydrogen (secondary N) is 1. The maximum Gasteiger partial charge on any atom is 0.338 e. The number of hydrogen-bond donors (Lipinski definition) is 1. The summed E-state index contributed by atoms with van der Waals surface area (Å²) in [5, 5.41) is 13.5. The predicted octanol–water partition coefficient (Wildman–Crippen LogP) is 3.66. The fourth-order valence-corrected chi connectivity index (χ4v) is 3.12. The largest absolute Gasteiger partial charge is 0.449 e. The van der Waals surface area contributed by atoms with Crippen molar-refractivity contribution in [1.82, 2.24) is 0 Å². The maximum absolute atomic E-state index is 12.4. The lowest BCUT2D eigenvalue weighted by Crippen LogP contribution is -2.30. The zero-order valence-electron chi connectivity index (χ0n) is 14.9. The molecule has 1 aliphatic carbocycles. The molecule has 2 aromatic carbocycles. The van der Waals surface area contributed by atoms with Crippen molar-refractivity contribution in [2.24, 2.45) is 0 Å². The van der Waals surface area contributed by atoms with E-state index in [1.165, 1.54) is 30.7 Å². The minimum atomic E-state index is -1.09. The molecule has 0 bridgehead atoms. The first-order valence-corrected chi connectivity index (χ1v) is 8.83. The molecule has 0 saturated heterocycles. The molecule has 1 atom stereocenters. The van der Waals surface area contributed by atoms with Gasteiger partial charge >= 0.3 is 5.97 Å². The van der Waals surface area contributed by atoms with Gasteiger partial charge in [0, 0.05) is 6.07 Å². The Kier molecular flexibility index (Phi) is 5.49. The van der Waals surface area contributed by atoms with Gasteiger partial charge in [0.25, 0.3) is 11.6 Å². The Hall–Kier alpha value is -3.22. The first kappa shape index (κ1) is 18.6. The fourth-order valence-electron chi connectivity index (χ4n) is 3.12. The molecule has 0 radical (unpaired) electrons. The van der Waals surface area contributed by atoms with Gasteiger partial charge in [-0.15, -0.1) is 0 Å². The number of para-hydroxylation sites is 2. The molecule has 0 heterocycles. The van der Waals surface area contributed by atoms with Crippen molar-refractivity contribution in [2.75, 3.05) is 5.32 Å². The Morgan fingerprint density at radius 3 is 2.56 bits per heavy atom. The molecule has 3 rings (SSSR count). The summed E-state index contributed by atoms with van der Waals surface area (Å²) >= 11 is 0. The van der Waals surface area contributed by atoms with Crippen molar-refractivity contribution in [1.29, 1.82) is 0 Å². The van der Waals surface area contributed by atoms with Crippen LogP contribution in [0.4, 0.5) is 11.4 Å². The topological polar surface area (TPSA) is 98.5 Å². The molecule has 27 heavy (non-hydrogen) atoms. The number of carbonyl (C=O) groups is 2. The van der Waals surface area contributed by atoms with E-state index >= 15 is 0 Å². The molecule has 0 fully saturated rings. The van der Waals surface area contributed by atoms with Crippen LogP contribution in [-0.2, 0) is 22.4 Å². The van der Waals surface area contributed by atoms with Gasteiger partial charge in [-0.1, -0.05) is 18.2 Å². The molecule has 1 N–H and O–H groups in total. The van der Waals surface area contributed by atoms with Crippen molar-refractivity contribution in [3.05, 3.63) is 69.3 Å². The molecule has 7 nitrogen and oxygen atoms in total. The van der Waals surface area contributed by atoms with Gasteiger partial charge in [-0.25, -0.2) is 4.79 Å². The van der Waals surface area contributed by atoms with Crippen molar-refractivity contribution >= 4 is 23.3 Å². The smallest absolute Gasteiger partial charge is 0.338 e. The number of esters is 1. The van der Waals surface area contributed by atoms with Crippen molar-refractivity contribution < 1.29 is 19.2 Å². The summed E-state index contributed by atoms with van der Waals surface area (Å²) in [5.74, 6) is -1.22. The number of benzene rings is 2. The van der Waals surface area contributed by atoms with E-state index in [2.05, 4.69) is 5.32 Å². The number of rotatable bonds is 5. The number of nitro groups is 1. The van der Waals surface area contributed by atoms with Crippen molar-refractivity contribution in [2.45, 2.75) is 38.7 Å². The number of amides is 1. The molecule has 2 aromatic rings. The highest BCUT2D eigenvalue weighted by atomic mass is 16.6. The molecule has 0 aromatic heterocycles. The second-order valence-corrected chi connectivity index (χ2v) is 6.50. The molecule has 0 spiro atoms. The Morgan fingerprint density at radius 2 is 1.81 bits per heavy atom. The first-order chi connectivity index (χ1) is 13.0. The third kappa shape index (κ3) is 4.31. The molecule has 0 unspecified atom stereocenters. The lowest BCUT2D eigenvalue weighted by atomic mass is 9.90. The number of hydrogen-bond acceptors (Lipinski definition) is 5. The van der Waals surface area contributed by atoms with E-state index in [0.717, 1.165) is 31.2 Å². The van der Waals surface area contributed by atoms with Crippen LogP contribution >= 0.6 is 0 Å². The number of carbonyl (C=O) groups excluding carboxylic acids is 2. The number of nitrogens with zero attached hydrogens (tertiary/aromatic N) is 1. The standard InChI is InChI=1S/C20H20N2O5/c1-13(19(23)21-17-8-4-5-9-18(17)22(25)26)27-20(24)16-11-10-14-6-2-3-7-15(14)12-16/h4-5,8-13H,2-3,6-7H2,1H3,(H,21,23)/t13-/m0/s1. The monoisotopic (exact) mass is 368 g/mol. The van der Waals surface area contributed by atoms with Crippen LogP contribution in [0.3, 0.4) is 0 Å². The van der Waals surface area contributed by atoms with Crippen LogP contribution < -0.4 is 5.32 Å². The molecule has 1 aliphatic rings. The van der Waals surface area contributed by atoms with Gasteiger partial charge in [0.2, 0.25) is 0 Å². The van der Waals surface area contributed by atoms with E-state index in [9.17, 15) is 19.7 Å². The normalized spacial score (nSPS) is 14.0. The van der Waals surface area contributed by atoms with Crippen LogP contribution in [0.1, 0.15) is 41.3 Å². The maximum atomic E-state index is 12.4. The summed E-state index contributed by atoms with van der Waals surface area (Å²) in [6, 6.07) is 11.3. The number of aryl methyl sites for hydroxylation is 2. The minimum absolute atomic E-state index is 0.0594. The van der Waals surface area contributed by atoms with Crippen LogP contribution in [0.5, 0.6) is 0 Å². The van der Waals surface area contributed by atoms with Crippen LogP contribution in [0.25, 0.3) is 0 Å². The Bertz CT molecular complexity index is 894. The van der Waals surface area contributed by atoms with Crippen LogP contribution in [-0.4, -0.2) is 22.9 Å². The molecule has 1 amide bonds. The van der Waals surface area contributed by atoms with Gasteiger partial charge in [-0.3, -0.25) is 14.9 Å². The second kappa shape index (κ2) is 7.99. The Labute approximate surface area is 156 Å². The lowest BCUT2D eigenvalue weighted by Gasteiger charge is -2.17. The summed E-state index contributed by atoms with van der Waals surface area (Å²) in [4.78, 5) is 35.1. The average Bonchev–Trinajstić information content (AvgIpc) is 2.67. The van der Waals surface area contributed by atoms with Gasteiger partial charge in [0.1, 0.15) is 5.69 Å². The average molecular weight is 368 g/mol. The molecular weight excluding hydrogens is 348 g/mol. The summed E-state index contributed by atoms with van der Waals surface area (Å²) in [7, 11) is 0. The molecule has 140 valence electrons. The quantitative estimate of drug-likeness (QED) is 0.493. The molecule has 0 saturated carbocycles. The van der Waals surface area contributed by atoms with E-state index < -0.39 is 22.9 Å². The lowest BCUT2D eigenvalue weighted by molar-refractivity contribution is -0.383. The molecule has 7 heteroatoms. The minimum Gasteiger partial charge on any atom is -0.449 e. The number of ether oxygens (including phenoxy) is 1. The predicted molar refractivity (Wildman–Crippen MR) is 99.7 cm³/mol. The first-order valence-electron chi connectivity index (χ1n) is 8.83. The number of fused-ring (bicyclic) bond motifs is 1. The number of nitro benzene ring substituents is 1. The van der Waals surface area contributed by atoms with Gasteiger partial charge in [-0.05, 0) is 61.9 Å². The van der Waals surface area contributed by atoms with E-state index in [4.69, 9.17) is 4.74 Å². The highest BCUT2D eigenvalue weighted by molar-refractivity contribution is 5.98. The van der Waals surface area contributed by atoms with E-state index in [0.29, 0.717) is 5.56 Å². The zero-order chi connectivity index (χ0) is 19.4.